The standard InChI is InChI=1S/C22H25N7O2/c1-15-3-5-18(6-4-15)28-13-17(11-21(28)30)22(31)24-9-8-23-19-12-20(26-14-25-19)29-10-7-16(2)27-29/h3-7,10,12,14,17H,8-9,11,13H2,1-2H3,(H,24,31)(H,23,25,26). The van der Waals surface area contributed by atoms with Crippen LogP contribution < -0.4 is 15.5 Å². The maximum atomic E-state index is 12.5. The highest BCUT2D eigenvalue weighted by molar-refractivity contribution is 6.00. The SMILES string of the molecule is Cc1ccc(N2CC(C(=O)NCCNc3cc(-n4ccc(C)n4)ncn3)CC2=O)cc1. The first kappa shape index (κ1) is 20.5. The van der Waals surface area contributed by atoms with Crippen molar-refractivity contribution < 1.29 is 9.59 Å². The zero-order chi connectivity index (χ0) is 21.8. The van der Waals surface area contributed by atoms with Crippen LogP contribution in [-0.2, 0) is 9.59 Å². The fourth-order valence-corrected chi connectivity index (χ4v) is 3.49. The van der Waals surface area contributed by atoms with Crippen molar-refractivity contribution in [1.82, 2.24) is 25.1 Å². The van der Waals surface area contributed by atoms with Gasteiger partial charge < -0.3 is 15.5 Å². The Hall–Kier alpha value is -3.75. The van der Waals surface area contributed by atoms with Crippen molar-refractivity contribution in [3.63, 3.8) is 0 Å². The van der Waals surface area contributed by atoms with Gasteiger partial charge in [0.2, 0.25) is 11.8 Å². The van der Waals surface area contributed by atoms with E-state index >= 15 is 0 Å². The summed E-state index contributed by atoms with van der Waals surface area (Å²) < 4.78 is 1.68. The number of rotatable bonds is 7. The quantitative estimate of drug-likeness (QED) is 0.567. The molecule has 0 saturated carbocycles. The van der Waals surface area contributed by atoms with Crippen LogP contribution in [0.25, 0.3) is 5.82 Å². The Kier molecular flexibility index (Phi) is 5.92. The molecular weight excluding hydrogens is 394 g/mol. The summed E-state index contributed by atoms with van der Waals surface area (Å²) in [5.74, 6) is 0.830. The number of carbonyl (C=O) groups excluding carboxylic acids is 2. The summed E-state index contributed by atoms with van der Waals surface area (Å²) in [6.07, 6.45) is 3.53. The number of hydrogen-bond donors (Lipinski definition) is 2. The van der Waals surface area contributed by atoms with Gasteiger partial charge in [0, 0.05) is 44.0 Å². The lowest BCUT2D eigenvalue weighted by atomic mass is 10.1. The number of nitrogens with one attached hydrogen (secondary N) is 2. The maximum Gasteiger partial charge on any atom is 0.227 e. The van der Waals surface area contributed by atoms with Crippen molar-refractivity contribution in [2.75, 3.05) is 29.9 Å². The van der Waals surface area contributed by atoms with E-state index in [4.69, 9.17) is 0 Å². The van der Waals surface area contributed by atoms with Crippen LogP contribution in [0.1, 0.15) is 17.7 Å². The number of carbonyl (C=O) groups is 2. The van der Waals surface area contributed by atoms with Crippen LogP contribution in [0.5, 0.6) is 0 Å². The minimum Gasteiger partial charge on any atom is -0.368 e. The van der Waals surface area contributed by atoms with Crippen molar-refractivity contribution in [2.24, 2.45) is 5.92 Å². The lowest BCUT2D eigenvalue weighted by molar-refractivity contribution is -0.126. The second-order valence-electron chi connectivity index (χ2n) is 7.62. The van der Waals surface area contributed by atoms with Crippen LogP contribution in [0.2, 0.25) is 0 Å². The highest BCUT2D eigenvalue weighted by atomic mass is 16.2. The molecule has 0 spiro atoms. The molecule has 3 heterocycles. The maximum absolute atomic E-state index is 12.5. The molecule has 160 valence electrons. The monoisotopic (exact) mass is 419 g/mol. The number of anilines is 2. The molecule has 1 aliphatic heterocycles. The summed E-state index contributed by atoms with van der Waals surface area (Å²) in [5.41, 5.74) is 2.87. The normalized spacial score (nSPS) is 15.9. The first-order chi connectivity index (χ1) is 15.0. The van der Waals surface area contributed by atoms with Gasteiger partial charge >= 0.3 is 0 Å². The van der Waals surface area contributed by atoms with Crippen molar-refractivity contribution in [2.45, 2.75) is 20.3 Å². The second kappa shape index (κ2) is 8.95. The van der Waals surface area contributed by atoms with Gasteiger partial charge in [0.15, 0.2) is 5.82 Å². The topological polar surface area (TPSA) is 105 Å². The van der Waals surface area contributed by atoms with Gasteiger partial charge in [-0.3, -0.25) is 9.59 Å². The summed E-state index contributed by atoms with van der Waals surface area (Å²) in [6, 6.07) is 11.5. The molecule has 0 bridgehead atoms. The van der Waals surface area contributed by atoms with Gasteiger partial charge in [-0.2, -0.15) is 5.10 Å². The lowest BCUT2D eigenvalue weighted by Crippen LogP contribution is -2.35. The van der Waals surface area contributed by atoms with E-state index in [1.807, 2.05) is 50.4 Å². The molecule has 31 heavy (non-hydrogen) atoms. The molecule has 1 aromatic carbocycles. The molecule has 2 aromatic heterocycles. The molecule has 1 atom stereocenters. The van der Waals surface area contributed by atoms with Crippen LogP contribution >= 0.6 is 0 Å². The Balaban J connectivity index is 1.25. The van der Waals surface area contributed by atoms with E-state index in [0.29, 0.717) is 31.3 Å². The Labute approximate surface area is 180 Å². The average molecular weight is 419 g/mol. The molecular formula is C22H25N7O2. The van der Waals surface area contributed by atoms with Crippen LogP contribution in [0.15, 0.2) is 48.9 Å². The number of amides is 2. The average Bonchev–Trinajstić information content (AvgIpc) is 3.38. The molecule has 1 unspecified atom stereocenters. The molecule has 0 aliphatic carbocycles. The highest BCUT2D eigenvalue weighted by Crippen LogP contribution is 2.25. The van der Waals surface area contributed by atoms with E-state index in [9.17, 15) is 9.59 Å². The number of nitrogens with zero attached hydrogens (tertiary/aromatic N) is 5. The van der Waals surface area contributed by atoms with Crippen LogP contribution in [0.4, 0.5) is 11.5 Å². The van der Waals surface area contributed by atoms with Crippen LogP contribution in [0.3, 0.4) is 0 Å². The van der Waals surface area contributed by atoms with Gasteiger partial charge in [0.1, 0.15) is 12.1 Å². The summed E-state index contributed by atoms with van der Waals surface area (Å²) in [5, 5.41) is 10.4. The second-order valence-corrected chi connectivity index (χ2v) is 7.62. The summed E-state index contributed by atoms with van der Waals surface area (Å²) in [4.78, 5) is 35.0. The molecule has 0 radical (unpaired) electrons. The fourth-order valence-electron chi connectivity index (χ4n) is 3.49. The van der Waals surface area contributed by atoms with Crippen LogP contribution in [0, 0.1) is 19.8 Å². The molecule has 9 nitrogen and oxygen atoms in total. The largest absolute Gasteiger partial charge is 0.368 e. The van der Waals surface area contributed by atoms with Gasteiger partial charge in [0.25, 0.3) is 0 Å². The molecule has 4 rings (SSSR count). The third-order valence-electron chi connectivity index (χ3n) is 5.18. The number of benzene rings is 1. The Morgan fingerprint density at radius 3 is 2.68 bits per heavy atom. The minimum atomic E-state index is -0.345. The number of hydrogen-bond acceptors (Lipinski definition) is 6. The Bertz CT molecular complexity index is 1080. The molecule has 3 aromatic rings. The highest BCUT2D eigenvalue weighted by Gasteiger charge is 2.34. The molecule has 2 amide bonds. The van der Waals surface area contributed by atoms with E-state index in [-0.39, 0.29) is 24.2 Å². The molecule has 2 N–H and O–H groups in total. The first-order valence-electron chi connectivity index (χ1n) is 10.2. The zero-order valence-electron chi connectivity index (χ0n) is 17.6. The Morgan fingerprint density at radius 2 is 1.94 bits per heavy atom. The molecule has 1 saturated heterocycles. The van der Waals surface area contributed by atoms with Crippen molar-refractivity contribution in [3.05, 3.63) is 60.2 Å². The van der Waals surface area contributed by atoms with Gasteiger partial charge in [-0.15, -0.1) is 0 Å². The van der Waals surface area contributed by atoms with Gasteiger partial charge in [-0.05, 0) is 32.0 Å². The predicted octanol–water partition coefficient (Wildman–Crippen LogP) is 1.86. The van der Waals surface area contributed by atoms with Crippen LogP contribution in [-0.4, -0.2) is 51.2 Å². The predicted molar refractivity (Wildman–Crippen MR) is 117 cm³/mol. The van der Waals surface area contributed by atoms with Crippen molar-refractivity contribution in [3.8, 4) is 5.82 Å². The molecule has 1 aliphatic rings. The first-order valence-corrected chi connectivity index (χ1v) is 10.2. The van der Waals surface area contributed by atoms with Crippen molar-refractivity contribution in [1.29, 1.82) is 0 Å². The summed E-state index contributed by atoms with van der Waals surface area (Å²) in [7, 11) is 0. The minimum absolute atomic E-state index is 0.0236. The van der Waals surface area contributed by atoms with E-state index < -0.39 is 0 Å². The van der Waals surface area contributed by atoms with Crippen molar-refractivity contribution >= 4 is 23.3 Å². The summed E-state index contributed by atoms with van der Waals surface area (Å²) >= 11 is 0. The van der Waals surface area contributed by atoms with Gasteiger partial charge in [-0.25, -0.2) is 14.6 Å². The number of aromatic nitrogens is 4. The molecule has 1 fully saturated rings. The number of aryl methyl sites for hydroxylation is 2. The Morgan fingerprint density at radius 1 is 1.13 bits per heavy atom. The van der Waals surface area contributed by atoms with E-state index in [2.05, 4.69) is 25.7 Å². The third kappa shape index (κ3) is 4.88. The molecule has 9 heteroatoms. The third-order valence-corrected chi connectivity index (χ3v) is 5.18. The lowest BCUT2D eigenvalue weighted by Gasteiger charge is -2.17. The zero-order valence-corrected chi connectivity index (χ0v) is 17.6. The van der Waals surface area contributed by atoms with Gasteiger partial charge in [-0.1, -0.05) is 17.7 Å². The summed E-state index contributed by atoms with van der Waals surface area (Å²) in [6.45, 7) is 5.24. The van der Waals surface area contributed by atoms with E-state index in [0.717, 1.165) is 16.9 Å². The van der Waals surface area contributed by atoms with E-state index in [1.165, 1.54) is 6.33 Å². The smallest absolute Gasteiger partial charge is 0.227 e. The van der Waals surface area contributed by atoms with E-state index in [1.54, 1.807) is 15.6 Å². The fraction of sp³-hybridized carbons (Fsp3) is 0.318. The van der Waals surface area contributed by atoms with Gasteiger partial charge in [0.05, 0.1) is 11.6 Å².